The van der Waals surface area contributed by atoms with Crippen LogP contribution >= 0.6 is 0 Å². The minimum absolute atomic E-state index is 0.0573. The van der Waals surface area contributed by atoms with Crippen molar-refractivity contribution in [2.75, 3.05) is 6.61 Å². The van der Waals surface area contributed by atoms with Crippen LogP contribution in [0.1, 0.15) is 43.2 Å². The van der Waals surface area contributed by atoms with Crippen LogP contribution in [0.5, 0.6) is 0 Å². The number of carbonyl (C=O) groups excluding carboxylic acids is 1. The van der Waals surface area contributed by atoms with Gasteiger partial charge in [-0.15, -0.1) is 0 Å². The number of amides is 1. The van der Waals surface area contributed by atoms with Crippen molar-refractivity contribution in [3.05, 3.63) is 59.7 Å². The van der Waals surface area contributed by atoms with Crippen molar-refractivity contribution in [1.82, 2.24) is 5.32 Å². The third-order valence-corrected chi connectivity index (χ3v) is 5.82. The van der Waals surface area contributed by atoms with Gasteiger partial charge in [-0.1, -0.05) is 61.9 Å². The number of alkyl carbamates (subject to hydrolysis) is 1. The van der Waals surface area contributed by atoms with E-state index in [-0.39, 0.29) is 17.9 Å². The zero-order chi connectivity index (χ0) is 18.1. The summed E-state index contributed by atoms with van der Waals surface area (Å²) in [5.74, 6) is 0.320. The lowest BCUT2D eigenvalue weighted by Gasteiger charge is -2.33. The first-order chi connectivity index (χ1) is 12.6. The molecule has 2 aromatic carbocycles. The Labute approximate surface area is 154 Å². The molecule has 0 heterocycles. The maximum absolute atomic E-state index is 12.3. The van der Waals surface area contributed by atoms with Gasteiger partial charge in [0.05, 0.1) is 12.1 Å². The largest absolute Gasteiger partial charge is 0.449 e. The molecular formula is C22H25NO3. The van der Waals surface area contributed by atoms with E-state index in [0.717, 1.165) is 19.3 Å². The van der Waals surface area contributed by atoms with Crippen LogP contribution in [0.2, 0.25) is 0 Å². The van der Waals surface area contributed by atoms with Crippen LogP contribution in [0.15, 0.2) is 48.5 Å². The van der Waals surface area contributed by atoms with Crippen LogP contribution in [0.25, 0.3) is 11.1 Å². The van der Waals surface area contributed by atoms with Gasteiger partial charge in [-0.2, -0.15) is 0 Å². The van der Waals surface area contributed by atoms with E-state index in [9.17, 15) is 9.90 Å². The summed E-state index contributed by atoms with van der Waals surface area (Å²) >= 11 is 0. The van der Waals surface area contributed by atoms with Gasteiger partial charge in [-0.05, 0) is 41.0 Å². The molecule has 0 spiro atoms. The molecule has 0 aromatic heterocycles. The highest BCUT2D eigenvalue weighted by Gasteiger charge is 2.32. The van der Waals surface area contributed by atoms with E-state index in [1.54, 1.807) is 0 Å². The predicted octanol–water partition coefficient (Wildman–Crippen LogP) is 4.07. The molecule has 136 valence electrons. The molecule has 4 heteroatoms. The summed E-state index contributed by atoms with van der Waals surface area (Å²) in [6, 6.07) is 16.4. The van der Waals surface area contributed by atoms with E-state index in [2.05, 4.69) is 36.5 Å². The summed E-state index contributed by atoms with van der Waals surface area (Å²) in [4.78, 5) is 12.3. The van der Waals surface area contributed by atoms with Gasteiger partial charge in [0.25, 0.3) is 0 Å². The fourth-order valence-corrected chi connectivity index (χ4v) is 4.40. The average Bonchev–Trinajstić information content (AvgIpc) is 2.97. The summed E-state index contributed by atoms with van der Waals surface area (Å²) in [7, 11) is 0. The van der Waals surface area contributed by atoms with Crippen LogP contribution in [0.3, 0.4) is 0 Å². The van der Waals surface area contributed by atoms with Crippen molar-refractivity contribution < 1.29 is 14.6 Å². The number of carbonyl (C=O) groups is 1. The molecule has 2 aliphatic carbocycles. The first-order valence-electron chi connectivity index (χ1n) is 9.44. The average molecular weight is 351 g/mol. The lowest BCUT2D eigenvalue weighted by molar-refractivity contribution is 0.0559. The smallest absolute Gasteiger partial charge is 0.407 e. The lowest BCUT2D eigenvalue weighted by atomic mass is 9.84. The zero-order valence-corrected chi connectivity index (χ0v) is 15.0. The number of ether oxygens (including phenoxy) is 1. The molecule has 26 heavy (non-hydrogen) atoms. The molecule has 0 radical (unpaired) electrons. The highest BCUT2D eigenvalue weighted by Crippen LogP contribution is 2.44. The molecule has 1 fully saturated rings. The third kappa shape index (κ3) is 3.10. The van der Waals surface area contributed by atoms with E-state index >= 15 is 0 Å². The molecule has 2 aromatic rings. The fourth-order valence-electron chi connectivity index (χ4n) is 4.40. The standard InChI is InChI=1S/C22H25NO3/c1-14-7-6-12-20(24)21(14)23-22(25)26-13-19-17-10-4-2-8-15(17)16-9-3-5-11-18(16)19/h2-5,8-11,14,19-21,24H,6-7,12-13H2,1H3,(H,23,25). The molecule has 4 rings (SSSR count). The number of hydrogen-bond acceptors (Lipinski definition) is 3. The van der Waals surface area contributed by atoms with Crippen LogP contribution in [0, 0.1) is 5.92 Å². The summed E-state index contributed by atoms with van der Waals surface area (Å²) in [5, 5.41) is 13.0. The number of hydrogen-bond donors (Lipinski definition) is 2. The highest BCUT2D eigenvalue weighted by atomic mass is 16.5. The first kappa shape index (κ1) is 17.1. The van der Waals surface area contributed by atoms with Gasteiger partial charge in [0, 0.05) is 5.92 Å². The molecular weight excluding hydrogens is 326 g/mol. The quantitative estimate of drug-likeness (QED) is 0.876. The van der Waals surface area contributed by atoms with Crippen molar-refractivity contribution in [3.63, 3.8) is 0 Å². The maximum Gasteiger partial charge on any atom is 0.407 e. The second-order valence-electron chi connectivity index (χ2n) is 7.47. The molecule has 3 atom stereocenters. The van der Waals surface area contributed by atoms with Gasteiger partial charge in [-0.25, -0.2) is 4.79 Å². The van der Waals surface area contributed by atoms with Gasteiger partial charge in [0.15, 0.2) is 0 Å². The van der Waals surface area contributed by atoms with E-state index in [4.69, 9.17) is 4.74 Å². The number of nitrogens with one attached hydrogen (secondary N) is 1. The normalized spacial score (nSPS) is 24.6. The number of benzene rings is 2. The Hall–Kier alpha value is -2.33. The Morgan fingerprint density at radius 1 is 1.08 bits per heavy atom. The van der Waals surface area contributed by atoms with E-state index in [0.29, 0.717) is 6.61 Å². The second kappa shape index (κ2) is 7.12. The van der Waals surface area contributed by atoms with Crippen LogP contribution in [-0.2, 0) is 4.74 Å². The Kier molecular flexibility index (Phi) is 4.68. The third-order valence-electron chi connectivity index (χ3n) is 5.82. The van der Waals surface area contributed by atoms with Gasteiger partial charge >= 0.3 is 6.09 Å². The minimum Gasteiger partial charge on any atom is -0.449 e. The van der Waals surface area contributed by atoms with Crippen LogP contribution in [-0.4, -0.2) is 30.0 Å². The summed E-state index contributed by atoms with van der Waals surface area (Å²) in [5.41, 5.74) is 4.84. The van der Waals surface area contributed by atoms with Gasteiger partial charge in [0.2, 0.25) is 0 Å². The molecule has 0 aliphatic heterocycles. The van der Waals surface area contributed by atoms with Crippen molar-refractivity contribution in [3.8, 4) is 11.1 Å². The van der Waals surface area contributed by atoms with E-state index in [1.807, 2.05) is 24.3 Å². The second-order valence-corrected chi connectivity index (χ2v) is 7.47. The molecule has 1 saturated carbocycles. The molecule has 4 nitrogen and oxygen atoms in total. The Morgan fingerprint density at radius 3 is 2.31 bits per heavy atom. The van der Waals surface area contributed by atoms with Crippen molar-refractivity contribution in [1.29, 1.82) is 0 Å². The number of aliphatic hydroxyl groups is 1. The maximum atomic E-state index is 12.3. The monoisotopic (exact) mass is 351 g/mol. The van der Waals surface area contributed by atoms with Gasteiger partial charge < -0.3 is 15.2 Å². The number of fused-ring (bicyclic) bond motifs is 3. The lowest BCUT2D eigenvalue weighted by Crippen LogP contribution is -2.49. The van der Waals surface area contributed by atoms with Crippen molar-refractivity contribution in [2.45, 2.75) is 44.2 Å². The Morgan fingerprint density at radius 2 is 1.69 bits per heavy atom. The topological polar surface area (TPSA) is 58.6 Å². The first-order valence-corrected chi connectivity index (χ1v) is 9.44. The SMILES string of the molecule is CC1CCCC(O)C1NC(=O)OCC1c2ccccc2-c2ccccc21. The van der Waals surface area contributed by atoms with Crippen LogP contribution < -0.4 is 5.32 Å². The number of rotatable bonds is 3. The Bertz CT molecular complexity index is 748. The van der Waals surface area contributed by atoms with Gasteiger partial charge in [0.1, 0.15) is 6.61 Å². The van der Waals surface area contributed by atoms with E-state index < -0.39 is 12.2 Å². The number of aliphatic hydroxyl groups excluding tert-OH is 1. The Balaban J connectivity index is 1.45. The predicted molar refractivity (Wildman–Crippen MR) is 101 cm³/mol. The molecule has 0 bridgehead atoms. The summed E-state index contributed by atoms with van der Waals surface area (Å²) in [6.45, 7) is 2.37. The minimum atomic E-state index is -0.487. The molecule has 2 N–H and O–H groups in total. The van der Waals surface area contributed by atoms with E-state index in [1.165, 1.54) is 22.3 Å². The van der Waals surface area contributed by atoms with Gasteiger partial charge in [-0.3, -0.25) is 0 Å². The highest BCUT2D eigenvalue weighted by molar-refractivity contribution is 5.79. The molecule has 0 saturated heterocycles. The summed E-state index contributed by atoms with van der Waals surface area (Å²) < 4.78 is 5.58. The summed E-state index contributed by atoms with van der Waals surface area (Å²) in [6.07, 6.45) is 1.83. The molecule has 2 aliphatic rings. The van der Waals surface area contributed by atoms with Crippen LogP contribution in [0.4, 0.5) is 4.79 Å². The molecule has 1 amide bonds. The fraction of sp³-hybridized carbons (Fsp3) is 0.409. The molecule has 3 unspecified atom stereocenters. The van der Waals surface area contributed by atoms with Crippen molar-refractivity contribution >= 4 is 6.09 Å². The van der Waals surface area contributed by atoms with Crippen molar-refractivity contribution in [2.24, 2.45) is 5.92 Å². The zero-order valence-electron chi connectivity index (χ0n) is 15.0.